The Balaban J connectivity index is 1.58. The Morgan fingerprint density at radius 2 is 1.83 bits per heavy atom. The van der Waals surface area contributed by atoms with E-state index in [0.29, 0.717) is 41.9 Å². The van der Waals surface area contributed by atoms with Gasteiger partial charge in [0.25, 0.3) is 0 Å². The van der Waals surface area contributed by atoms with E-state index in [1.165, 1.54) is 0 Å². The summed E-state index contributed by atoms with van der Waals surface area (Å²) in [7, 11) is 0. The van der Waals surface area contributed by atoms with Crippen molar-refractivity contribution in [3.05, 3.63) is 60.0 Å². The van der Waals surface area contributed by atoms with Crippen LogP contribution in [0.15, 0.2) is 47.0 Å². The lowest BCUT2D eigenvalue weighted by Crippen LogP contribution is -2.20. The van der Waals surface area contributed by atoms with E-state index in [4.69, 9.17) is 9.63 Å². The van der Waals surface area contributed by atoms with Crippen LogP contribution in [0.3, 0.4) is 0 Å². The second-order valence-electron chi connectivity index (χ2n) is 6.04. The normalized spacial score (nSPS) is 10.6. The molecule has 0 fully saturated rings. The number of anilines is 2. The number of aryl methyl sites for hydroxylation is 1. The molecule has 0 saturated carbocycles. The summed E-state index contributed by atoms with van der Waals surface area (Å²) in [4.78, 5) is 26.7. The van der Waals surface area contributed by atoms with E-state index in [1.807, 2.05) is 0 Å². The Morgan fingerprint density at radius 3 is 2.52 bits per heavy atom. The molecule has 8 nitrogen and oxygen atoms in total. The number of nitrogens with one attached hydrogen (secondary N) is 2. The van der Waals surface area contributed by atoms with Gasteiger partial charge in [-0.05, 0) is 42.8 Å². The molecule has 2 aromatic carbocycles. The fourth-order valence-corrected chi connectivity index (χ4v) is 2.44. The molecule has 10 heteroatoms. The average Bonchev–Trinajstić information content (AvgIpc) is 3.13. The maximum Gasteiger partial charge on any atom is 0.323 e. The van der Waals surface area contributed by atoms with E-state index in [0.717, 1.165) is 12.1 Å². The number of halogens is 2. The summed E-state index contributed by atoms with van der Waals surface area (Å²) in [5.74, 6) is -1.84. The molecule has 0 bridgehead atoms. The molecule has 3 rings (SSSR count). The van der Waals surface area contributed by atoms with Crippen LogP contribution >= 0.6 is 0 Å². The van der Waals surface area contributed by atoms with Gasteiger partial charge < -0.3 is 20.3 Å². The van der Waals surface area contributed by atoms with Crippen molar-refractivity contribution in [2.45, 2.75) is 19.3 Å². The van der Waals surface area contributed by atoms with Crippen LogP contribution in [-0.2, 0) is 11.2 Å². The van der Waals surface area contributed by atoms with Crippen LogP contribution in [0.1, 0.15) is 18.7 Å². The van der Waals surface area contributed by atoms with Crippen LogP contribution in [0, 0.1) is 11.6 Å². The molecule has 0 atom stereocenters. The molecular weight excluding hydrogens is 386 g/mol. The molecule has 0 radical (unpaired) electrons. The van der Waals surface area contributed by atoms with Crippen molar-refractivity contribution < 1.29 is 28.0 Å². The zero-order chi connectivity index (χ0) is 20.8. The highest BCUT2D eigenvalue weighted by molar-refractivity contribution is 5.99. The number of urea groups is 1. The van der Waals surface area contributed by atoms with Gasteiger partial charge in [0.05, 0.1) is 5.69 Å². The van der Waals surface area contributed by atoms with Crippen molar-refractivity contribution in [1.29, 1.82) is 0 Å². The fourth-order valence-electron chi connectivity index (χ4n) is 2.44. The van der Waals surface area contributed by atoms with Gasteiger partial charge in [-0.15, -0.1) is 0 Å². The second kappa shape index (κ2) is 8.91. The number of carbonyl (C=O) groups excluding carboxylic acids is 1. The molecule has 0 unspecified atom stereocenters. The summed E-state index contributed by atoms with van der Waals surface area (Å²) < 4.78 is 31.6. The highest BCUT2D eigenvalue weighted by Crippen LogP contribution is 2.20. The van der Waals surface area contributed by atoms with Gasteiger partial charge in [-0.3, -0.25) is 4.79 Å². The first kappa shape index (κ1) is 19.9. The minimum absolute atomic E-state index is 0.0158. The zero-order valence-corrected chi connectivity index (χ0v) is 15.0. The Kier molecular flexibility index (Phi) is 6.12. The quantitative estimate of drug-likeness (QED) is 0.548. The molecule has 29 heavy (non-hydrogen) atoms. The first-order chi connectivity index (χ1) is 13.9. The Bertz CT molecular complexity index is 1020. The predicted molar refractivity (Wildman–Crippen MR) is 99.3 cm³/mol. The molecule has 0 aliphatic carbocycles. The maximum atomic E-state index is 13.6. The summed E-state index contributed by atoms with van der Waals surface area (Å²) in [5, 5.41) is 17.3. The number of benzene rings is 2. The van der Waals surface area contributed by atoms with Gasteiger partial charge in [-0.2, -0.15) is 4.98 Å². The third kappa shape index (κ3) is 5.58. The van der Waals surface area contributed by atoms with E-state index >= 15 is 0 Å². The van der Waals surface area contributed by atoms with Crippen molar-refractivity contribution >= 4 is 23.4 Å². The Morgan fingerprint density at radius 1 is 1.07 bits per heavy atom. The molecule has 0 spiro atoms. The molecule has 0 saturated heterocycles. The molecule has 3 N–H and O–H groups in total. The van der Waals surface area contributed by atoms with E-state index < -0.39 is 23.6 Å². The summed E-state index contributed by atoms with van der Waals surface area (Å²) in [6.07, 6.45) is 0.768. The van der Waals surface area contributed by atoms with Crippen LogP contribution in [0.5, 0.6) is 0 Å². The number of rotatable bonds is 7. The van der Waals surface area contributed by atoms with Crippen molar-refractivity contribution in [2.75, 3.05) is 10.6 Å². The number of aromatic nitrogens is 2. The molecule has 1 aromatic heterocycles. The molecule has 2 amide bonds. The van der Waals surface area contributed by atoms with E-state index in [1.54, 1.807) is 24.3 Å². The number of carboxylic acid groups (broad SMARTS) is 1. The molecular formula is C19H16F2N4O4. The topological polar surface area (TPSA) is 117 Å². The summed E-state index contributed by atoms with van der Waals surface area (Å²) in [5.41, 5.74) is 0.912. The molecule has 1 heterocycles. The van der Waals surface area contributed by atoms with Crippen LogP contribution in [-0.4, -0.2) is 27.2 Å². The molecule has 0 aliphatic heterocycles. The van der Waals surface area contributed by atoms with Gasteiger partial charge in [0.1, 0.15) is 11.6 Å². The first-order valence-electron chi connectivity index (χ1n) is 8.58. The number of carbonyl (C=O) groups is 2. The summed E-state index contributed by atoms with van der Waals surface area (Å²) in [6, 6.07) is 8.63. The highest BCUT2D eigenvalue weighted by Gasteiger charge is 2.11. The number of hydrogen-bond donors (Lipinski definition) is 3. The van der Waals surface area contributed by atoms with Crippen molar-refractivity contribution in [3.63, 3.8) is 0 Å². The fraction of sp³-hybridized carbons (Fsp3) is 0.158. The highest BCUT2D eigenvalue weighted by atomic mass is 19.1. The Labute approximate surface area is 163 Å². The molecule has 150 valence electrons. The van der Waals surface area contributed by atoms with Crippen LogP contribution in [0.4, 0.5) is 25.0 Å². The largest absolute Gasteiger partial charge is 0.481 e. The smallest absolute Gasteiger partial charge is 0.323 e. The van der Waals surface area contributed by atoms with Gasteiger partial charge >= 0.3 is 12.0 Å². The lowest BCUT2D eigenvalue weighted by molar-refractivity contribution is -0.137. The van der Waals surface area contributed by atoms with Crippen LogP contribution in [0.2, 0.25) is 0 Å². The van der Waals surface area contributed by atoms with Crippen molar-refractivity contribution in [2.24, 2.45) is 0 Å². The minimum atomic E-state index is -0.890. The molecule has 0 aliphatic rings. The lowest BCUT2D eigenvalue weighted by atomic mass is 10.2. The number of nitrogens with zero attached hydrogens (tertiary/aromatic N) is 2. The SMILES string of the molecule is O=C(O)CCCc1nc(-c2ccc(NC(=O)Nc3ccc(F)cc3F)cc2)no1. The van der Waals surface area contributed by atoms with Crippen LogP contribution < -0.4 is 10.6 Å². The summed E-state index contributed by atoms with van der Waals surface area (Å²) >= 11 is 0. The average molecular weight is 402 g/mol. The van der Waals surface area contributed by atoms with E-state index in [9.17, 15) is 18.4 Å². The number of carboxylic acids is 1. The third-order valence-electron chi connectivity index (χ3n) is 3.83. The van der Waals surface area contributed by atoms with Crippen molar-refractivity contribution in [1.82, 2.24) is 10.1 Å². The number of amides is 2. The monoisotopic (exact) mass is 402 g/mol. The van der Waals surface area contributed by atoms with Gasteiger partial charge in [0, 0.05) is 30.2 Å². The second-order valence-corrected chi connectivity index (χ2v) is 6.04. The van der Waals surface area contributed by atoms with Gasteiger partial charge in [-0.1, -0.05) is 5.16 Å². The van der Waals surface area contributed by atoms with Crippen molar-refractivity contribution in [3.8, 4) is 11.4 Å². The third-order valence-corrected chi connectivity index (χ3v) is 3.83. The van der Waals surface area contributed by atoms with Gasteiger partial charge in [0.15, 0.2) is 0 Å². The predicted octanol–water partition coefficient (Wildman–Crippen LogP) is 4.07. The molecule has 3 aromatic rings. The lowest BCUT2D eigenvalue weighted by Gasteiger charge is -2.08. The minimum Gasteiger partial charge on any atom is -0.481 e. The van der Waals surface area contributed by atoms with E-state index in [2.05, 4.69) is 20.8 Å². The summed E-state index contributed by atoms with van der Waals surface area (Å²) in [6.45, 7) is 0. The zero-order valence-electron chi connectivity index (χ0n) is 15.0. The standard InChI is InChI=1S/C19H16F2N4O4/c20-12-6-9-15(14(21)10-12)23-19(28)22-13-7-4-11(5-8-13)18-24-16(29-25-18)2-1-3-17(26)27/h4-10H,1-3H2,(H,26,27)(H2,22,23,28). The van der Waals surface area contributed by atoms with Crippen LogP contribution in [0.25, 0.3) is 11.4 Å². The van der Waals surface area contributed by atoms with E-state index in [-0.39, 0.29) is 12.1 Å². The number of aliphatic carboxylic acids is 1. The first-order valence-corrected chi connectivity index (χ1v) is 8.58. The van der Waals surface area contributed by atoms with Gasteiger partial charge in [0.2, 0.25) is 11.7 Å². The Hall–Kier alpha value is -3.82. The maximum absolute atomic E-state index is 13.6. The number of hydrogen-bond acceptors (Lipinski definition) is 5. The van der Waals surface area contributed by atoms with Gasteiger partial charge in [-0.25, -0.2) is 13.6 Å².